The summed E-state index contributed by atoms with van der Waals surface area (Å²) in [4.78, 5) is 5.32. The highest BCUT2D eigenvalue weighted by atomic mass is 32.1. The Morgan fingerprint density at radius 2 is 2.10 bits per heavy atom. The molecule has 3 nitrogen and oxygen atoms in total. The van der Waals surface area contributed by atoms with Gasteiger partial charge in [-0.25, -0.2) is 0 Å². The van der Waals surface area contributed by atoms with Crippen LogP contribution in [0.3, 0.4) is 0 Å². The first-order chi connectivity index (χ1) is 10.2. The lowest BCUT2D eigenvalue weighted by molar-refractivity contribution is 0.206. The summed E-state index contributed by atoms with van der Waals surface area (Å²) in [6.07, 6.45) is 4.39. The molecule has 1 N–H and O–H groups in total. The van der Waals surface area contributed by atoms with Crippen LogP contribution in [0.1, 0.15) is 47.4 Å². The van der Waals surface area contributed by atoms with Gasteiger partial charge in [-0.05, 0) is 64.0 Å². The van der Waals surface area contributed by atoms with Gasteiger partial charge in [-0.3, -0.25) is 4.90 Å². The minimum Gasteiger partial charge on any atom is -0.468 e. The second-order valence-electron chi connectivity index (χ2n) is 5.85. The van der Waals surface area contributed by atoms with Crippen LogP contribution in [0, 0.1) is 6.92 Å². The summed E-state index contributed by atoms with van der Waals surface area (Å²) in [5.41, 5.74) is 0. The summed E-state index contributed by atoms with van der Waals surface area (Å²) in [6.45, 7) is 7.70. The van der Waals surface area contributed by atoms with Crippen LogP contribution in [-0.4, -0.2) is 24.5 Å². The molecule has 1 fully saturated rings. The van der Waals surface area contributed by atoms with Crippen molar-refractivity contribution >= 4 is 11.3 Å². The third-order valence-electron chi connectivity index (χ3n) is 4.26. The van der Waals surface area contributed by atoms with Gasteiger partial charge in [0.05, 0.1) is 12.3 Å². The molecule has 2 aromatic rings. The minimum atomic E-state index is 0.353. The minimum absolute atomic E-state index is 0.353. The van der Waals surface area contributed by atoms with Gasteiger partial charge in [0.2, 0.25) is 0 Å². The van der Waals surface area contributed by atoms with Gasteiger partial charge in [0.1, 0.15) is 5.76 Å². The van der Waals surface area contributed by atoms with Crippen molar-refractivity contribution in [3.8, 4) is 0 Å². The summed E-state index contributed by atoms with van der Waals surface area (Å²) in [7, 11) is 0. The first kappa shape index (κ1) is 14.8. The molecule has 1 saturated heterocycles. The average Bonchev–Trinajstić information content (AvgIpc) is 3.21. The first-order valence-electron chi connectivity index (χ1n) is 7.81. The fourth-order valence-electron chi connectivity index (χ4n) is 3.02. The zero-order chi connectivity index (χ0) is 14.7. The molecule has 0 saturated carbocycles. The van der Waals surface area contributed by atoms with Gasteiger partial charge < -0.3 is 9.73 Å². The van der Waals surface area contributed by atoms with E-state index in [1.54, 1.807) is 6.26 Å². The normalized spacial score (nSPS) is 19.0. The van der Waals surface area contributed by atoms with E-state index in [0.29, 0.717) is 12.1 Å². The van der Waals surface area contributed by atoms with Crippen LogP contribution in [0.2, 0.25) is 0 Å². The number of rotatable bonds is 6. The van der Waals surface area contributed by atoms with E-state index in [0.717, 1.165) is 12.3 Å². The second-order valence-corrected chi connectivity index (χ2v) is 7.17. The highest BCUT2D eigenvalue weighted by Crippen LogP contribution is 2.27. The van der Waals surface area contributed by atoms with Crippen molar-refractivity contribution in [2.24, 2.45) is 0 Å². The molecule has 114 valence electrons. The molecule has 0 amide bonds. The highest BCUT2D eigenvalue weighted by molar-refractivity contribution is 7.12. The molecule has 21 heavy (non-hydrogen) atoms. The Bertz CT molecular complexity index is 543. The molecule has 3 heterocycles. The standard InChI is InChI=1S/C17H24N2OS/c1-13-7-8-17(21-13)14(2)18-12-15(16-6-5-11-20-16)19-9-3-4-10-19/h5-8,11,14-15,18H,3-4,9-10,12H2,1-2H3. The zero-order valence-corrected chi connectivity index (χ0v) is 13.7. The molecular formula is C17H24N2OS. The fourth-order valence-corrected chi connectivity index (χ4v) is 3.92. The number of nitrogens with zero attached hydrogens (tertiary/aromatic N) is 1. The van der Waals surface area contributed by atoms with Gasteiger partial charge in [0.25, 0.3) is 0 Å². The van der Waals surface area contributed by atoms with Gasteiger partial charge in [-0.15, -0.1) is 11.3 Å². The predicted molar refractivity (Wildman–Crippen MR) is 87.7 cm³/mol. The third kappa shape index (κ3) is 3.57. The van der Waals surface area contributed by atoms with E-state index in [-0.39, 0.29) is 0 Å². The van der Waals surface area contributed by atoms with Crippen LogP contribution in [0.5, 0.6) is 0 Å². The largest absolute Gasteiger partial charge is 0.468 e. The van der Waals surface area contributed by atoms with Crippen LogP contribution >= 0.6 is 11.3 Å². The van der Waals surface area contributed by atoms with Crippen molar-refractivity contribution in [1.29, 1.82) is 0 Å². The SMILES string of the molecule is Cc1ccc(C(C)NCC(c2ccco2)N2CCCC2)s1. The van der Waals surface area contributed by atoms with Gasteiger partial charge in [-0.2, -0.15) is 0 Å². The number of aryl methyl sites for hydroxylation is 1. The van der Waals surface area contributed by atoms with Crippen LogP contribution in [0.4, 0.5) is 0 Å². The zero-order valence-electron chi connectivity index (χ0n) is 12.8. The maximum Gasteiger partial charge on any atom is 0.122 e. The Morgan fingerprint density at radius 3 is 2.71 bits per heavy atom. The van der Waals surface area contributed by atoms with Crippen LogP contribution in [0.15, 0.2) is 34.9 Å². The van der Waals surface area contributed by atoms with Gasteiger partial charge in [-0.1, -0.05) is 0 Å². The molecule has 0 aliphatic carbocycles. The van der Waals surface area contributed by atoms with E-state index in [2.05, 4.69) is 42.3 Å². The summed E-state index contributed by atoms with van der Waals surface area (Å²) in [5.74, 6) is 1.08. The highest BCUT2D eigenvalue weighted by Gasteiger charge is 2.25. The van der Waals surface area contributed by atoms with Crippen LogP contribution in [-0.2, 0) is 0 Å². The number of hydrogen-bond donors (Lipinski definition) is 1. The van der Waals surface area contributed by atoms with Crippen molar-refractivity contribution in [2.75, 3.05) is 19.6 Å². The lowest BCUT2D eigenvalue weighted by Crippen LogP contribution is -2.34. The Labute approximate surface area is 131 Å². The Kier molecular flexibility index (Phi) is 4.78. The van der Waals surface area contributed by atoms with Gasteiger partial charge in [0.15, 0.2) is 0 Å². The third-order valence-corrected chi connectivity index (χ3v) is 5.44. The molecule has 4 heteroatoms. The first-order valence-corrected chi connectivity index (χ1v) is 8.63. The number of nitrogens with one attached hydrogen (secondary N) is 1. The van der Waals surface area contributed by atoms with E-state index < -0.39 is 0 Å². The van der Waals surface area contributed by atoms with Crippen molar-refractivity contribution in [1.82, 2.24) is 10.2 Å². The molecular weight excluding hydrogens is 280 g/mol. The van der Waals surface area contributed by atoms with Crippen molar-refractivity contribution < 1.29 is 4.42 Å². The maximum absolute atomic E-state index is 5.67. The van der Waals surface area contributed by atoms with Crippen molar-refractivity contribution in [3.63, 3.8) is 0 Å². The fraction of sp³-hybridized carbons (Fsp3) is 0.529. The molecule has 2 unspecified atom stereocenters. The molecule has 1 aliphatic rings. The maximum atomic E-state index is 5.67. The molecule has 2 atom stereocenters. The number of furan rings is 1. The molecule has 1 aliphatic heterocycles. The van der Waals surface area contributed by atoms with Gasteiger partial charge in [0, 0.05) is 22.3 Å². The Balaban J connectivity index is 1.64. The quantitative estimate of drug-likeness (QED) is 0.869. The number of likely N-dealkylation sites (tertiary alicyclic amines) is 1. The second kappa shape index (κ2) is 6.77. The van der Waals surface area contributed by atoms with Gasteiger partial charge >= 0.3 is 0 Å². The molecule has 2 aromatic heterocycles. The van der Waals surface area contributed by atoms with Crippen molar-refractivity contribution in [3.05, 3.63) is 46.0 Å². The summed E-state index contributed by atoms with van der Waals surface area (Å²) in [6, 6.07) is 9.27. The monoisotopic (exact) mass is 304 g/mol. The number of thiophene rings is 1. The topological polar surface area (TPSA) is 28.4 Å². The molecule has 3 rings (SSSR count). The predicted octanol–water partition coefficient (Wildman–Crippen LogP) is 4.14. The molecule has 0 radical (unpaired) electrons. The smallest absolute Gasteiger partial charge is 0.122 e. The van der Waals surface area contributed by atoms with Crippen LogP contribution in [0.25, 0.3) is 0 Å². The van der Waals surface area contributed by atoms with Crippen molar-refractivity contribution in [2.45, 2.75) is 38.8 Å². The van der Waals surface area contributed by atoms with Crippen LogP contribution < -0.4 is 5.32 Å². The molecule has 0 bridgehead atoms. The van der Waals surface area contributed by atoms with E-state index in [4.69, 9.17) is 4.42 Å². The Morgan fingerprint density at radius 1 is 1.29 bits per heavy atom. The average molecular weight is 304 g/mol. The van der Waals surface area contributed by atoms with E-state index in [1.807, 2.05) is 17.4 Å². The lowest BCUT2D eigenvalue weighted by atomic mass is 10.1. The Hall–Kier alpha value is -1.10. The number of hydrogen-bond acceptors (Lipinski definition) is 4. The summed E-state index contributed by atoms with van der Waals surface area (Å²) < 4.78 is 5.67. The summed E-state index contributed by atoms with van der Waals surface area (Å²) in [5, 5.41) is 3.69. The summed E-state index contributed by atoms with van der Waals surface area (Å²) >= 11 is 1.88. The molecule has 0 spiro atoms. The van der Waals surface area contributed by atoms with E-state index >= 15 is 0 Å². The lowest BCUT2D eigenvalue weighted by Gasteiger charge is -2.27. The molecule has 0 aromatic carbocycles. The van der Waals surface area contributed by atoms with E-state index in [1.165, 1.54) is 35.7 Å². The van der Waals surface area contributed by atoms with E-state index in [9.17, 15) is 0 Å².